The Morgan fingerprint density at radius 2 is 1.79 bits per heavy atom. The molecule has 2 amide bonds. The first-order chi connectivity index (χ1) is 13.9. The number of carbonyl (C=O) groups excluding carboxylic acids is 2. The van der Waals surface area contributed by atoms with Gasteiger partial charge in [-0.05, 0) is 55.0 Å². The van der Waals surface area contributed by atoms with Gasteiger partial charge in [0, 0.05) is 27.4 Å². The summed E-state index contributed by atoms with van der Waals surface area (Å²) in [6.45, 7) is 1.86. The highest BCUT2D eigenvalue weighted by Gasteiger charge is 2.10. The number of hydrogen-bond acceptors (Lipinski definition) is 4. The zero-order valence-electron chi connectivity index (χ0n) is 15.5. The number of nitrogens with zero attached hydrogens (tertiary/aromatic N) is 1. The van der Waals surface area contributed by atoms with Gasteiger partial charge in [-0.1, -0.05) is 35.9 Å². The van der Waals surface area contributed by atoms with Gasteiger partial charge in [-0.3, -0.25) is 9.59 Å². The molecule has 0 saturated carbocycles. The van der Waals surface area contributed by atoms with Gasteiger partial charge in [0.2, 0.25) is 0 Å². The lowest BCUT2D eigenvalue weighted by Crippen LogP contribution is -2.18. The molecular formula is C22H18ClN3O3. The molecule has 0 aromatic heterocycles. The maximum absolute atomic E-state index is 12.4. The average molecular weight is 408 g/mol. The topological polar surface area (TPSA) is 90.8 Å². The molecule has 0 saturated heterocycles. The molecule has 0 aliphatic carbocycles. The fourth-order valence-electron chi connectivity index (χ4n) is 2.62. The number of phenolic OH excluding ortho intramolecular Hbond substituents is 1. The van der Waals surface area contributed by atoms with Crippen LogP contribution in [-0.2, 0) is 0 Å². The van der Waals surface area contributed by atoms with Crippen LogP contribution in [0.5, 0.6) is 5.75 Å². The maximum atomic E-state index is 12.4. The number of rotatable bonds is 5. The molecule has 0 fully saturated rings. The number of aryl methyl sites for hydroxylation is 1. The van der Waals surface area contributed by atoms with Crippen LogP contribution in [0.4, 0.5) is 5.69 Å². The highest BCUT2D eigenvalue weighted by atomic mass is 35.5. The van der Waals surface area contributed by atoms with Gasteiger partial charge >= 0.3 is 0 Å². The number of nitrogens with one attached hydrogen (secondary N) is 2. The molecule has 0 unspecified atom stereocenters. The Hall–Kier alpha value is -3.64. The van der Waals surface area contributed by atoms with Crippen molar-refractivity contribution in [2.24, 2.45) is 5.10 Å². The minimum atomic E-state index is -0.463. The van der Waals surface area contributed by atoms with Crippen LogP contribution in [0.2, 0.25) is 5.02 Å². The van der Waals surface area contributed by atoms with E-state index in [-0.39, 0.29) is 11.7 Å². The van der Waals surface area contributed by atoms with Gasteiger partial charge < -0.3 is 10.4 Å². The smallest absolute Gasteiger partial charge is 0.271 e. The molecular weight excluding hydrogens is 390 g/mol. The molecule has 0 aliphatic rings. The number of hydrazone groups is 1. The second-order valence-corrected chi connectivity index (χ2v) is 6.69. The lowest BCUT2D eigenvalue weighted by molar-refractivity contribution is 0.0953. The van der Waals surface area contributed by atoms with Gasteiger partial charge in [0.25, 0.3) is 11.8 Å². The van der Waals surface area contributed by atoms with E-state index in [0.717, 1.165) is 5.56 Å². The summed E-state index contributed by atoms with van der Waals surface area (Å²) in [6.07, 6.45) is 1.29. The monoisotopic (exact) mass is 407 g/mol. The van der Waals surface area contributed by atoms with E-state index in [1.165, 1.54) is 18.3 Å². The van der Waals surface area contributed by atoms with Crippen molar-refractivity contribution in [3.05, 3.63) is 94.0 Å². The quantitative estimate of drug-likeness (QED) is 0.433. The van der Waals surface area contributed by atoms with E-state index in [4.69, 9.17) is 11.6 Å². The molecule has 0 spiro atoms. The summed E-state index contributed by atoms with van der Waals surface area (Å²) in [6, 6.07) is 18.3. The molecule has 29 heavy (non-hydrogen) atoms. The van der Waals surface area contributed by atoms with Crippen LogP contribution in [0.25, 0.3) is 0 Å². The summed E-state index contributed by atoms with van der Waals surface area (Å²) < 4.78 is 0. The Morgan fingerprint density at radius 1 is 1.00 bits per heavy atom. The number of benzene rings is 3. The molecule has 7 heteroatoms. The predicted octanol–water partition coefficient (Wildman–Crippen LogP) is 4.37. The first kappa shape index (κ1) is 20.1. The third-order valence-corrected chi connectivity index (χ3v) is 4.37. The Morgan fingerprint density at radius 3 is 2.59 bits per heavy atom. The van der Waals surface area contributed by atoms with Crippen LogP contribution in [0.1, 0.15) is 31.8 Å². The SMILES string of the molecule is Cc1ccccc1C(=O)Nc1cccc(C(=O)N/N=C/c2cc(Cl)ccc2O)c1. The Balaban J connectivity index is 1.68. The third-order valence-electron chi connectivity index (χ3n) is 4.13. The van der Waals surface area contributed by atoms with Gasteiger partial charge in [0.05, 0.1) is 6.21 Å². The Kier molecular flexibility index (Phi) is 6.26. The number of amides is 2. The van der Waals surface area contributed by atoms with Crippen molar-refractivity contribution >= 4 is 35.3 Å². The summed E-state index contributed by atoms with van der Waals surface area (Å²) >= 11 is 5.87. The predicted molar refractivity (Wildman–Crippen MR) is 114 cm³/mol. The normalized spacial score (nSPS) is 10.7. The third kappa shape index (κ3) is 5.21. The minimum Gasteiger partial charge on any atom is -0.507 e. The molecule has 3 N–H and O–H groups in total. The van der Waals surface area contributed by atoms with Gasteiger partial charge in [0.1, 0.15) is 5.75 Å². The summed E-state index contributed by atoms with van der Waals surface area (Å²) in [4.78, 5) is 24.8. The van der Waals surface area contributed by atoms with E-state index in [1.807, 2.05) is 19.1 Å². The van der Waals surface area contributed by atoms with Crippen LogP contribution in [-0.4, -0.2) is 23.1 Å². The molecule has 3 aromatic carbocycles. The molecule has 3 aromatic rings. The lowest BCUT2D eigenvalue weighted by Gasteiger charge is -2.08. The Bertz CT molecular complexity index is 1100. The number of phenols is 1. The van der Waals surface area contributed by atoms with Crippen LogP contribution in [0, 0.1) is 6.92 Å². The molecule has 0 aliphatic heterocycles. The maximum Gasteiger partial charge on any atom is 0.271 e. The second-order valence-electron chi connectivity index (χ2n) is 6.25. The van der Waals surface area contributed by atoms with Gasteiger partial charge in [-0.25, -0.2) is 5.43 Å². The number of hydrogen-bond donors (Lipinski definition) is 3. The van der Waals surface area contributed by atoms with Gasteiger partial charge in [-0.15, -0.1) is 0 Å². The van der Waals surface area contributed by atoms with E-state index in [9.17, 15) is 14.7 Å². The average Bonchev–Trinajstić information content (AvgIpc) is 2.71. The molecule has 146 valence electrons. The number of aromatic hydroxyl groups is 1. The van der Waals surface area contributed by atoms with Crippen molar-refractivity contribution in [2.45, 2.75) is 6.92 Å². The van der Waals surface area contributed by atoms with E-state index in [0.29, 0.717) is 27.4 Å². The van der Waals surface area contributed by atoms with E-state index < -0.39 is 5.91 Å². The summed E-state index contributed by atoms with van der Waals surface area (Å²) in [5, 5.41) is 16.8. The van der Waals surface area contributed by atoms with Crippen molar-refractivity contribution in [1.29, 1.82) is 0 Å². The molecule has 0 bridgehead atoms. The van der Waals surface area contributed by atoms with Crippen LogP contribution >= 0.6 is 11.6 Å². The molecule has 0 radical (unpaired) electrons. The van der Waals surface area contributed by atoms with Crippen molar-refractivity contribution < 1.29 is 14.7 Å². The van der Waals surface area contributed by atoms with E-state index in [2.05, 4.69) is 15.8 Å². The lowest BCUT2D eigenvalue weighted by atomic mass is 10.1. The Labute approximate surface area is 172 Å². The first-order valence-electron chi connectivity index (χ1n) is 8.73. The van der Waals surface area contributed by atoms with Crippen molar-refractivity contribution in [3.8, 4) is 5.75 Å². The van der Waals surface area contributed by atoms with Gasteiger partial charge in [-0.2, -0.15) is 5.10 Å². The molecule has 3 rings (SSSR count). The number of carbonyl (C=O) groups is 2. The fraction of sp³-hybridized carbons (Fsp3) is 0.0455. The molecule has 0 heterocycles. The van der Waals surface area contributed by atoms with Gasteiger partial charge in [0.15, 0.2) is 0 Å². The molecule has 0 atom stereocenters. The highest BCUT2D eigenvalue weighted by molar-refractivity contribution is 6.30. The number of halogens is 1. The summed E-state index contributed by atoms with van der Waals surface area (Å²) in [5.41, 5.74) is 4.98. The van der Waals surface area contributed by atoms with Crippen LogP contribution < -0.4 is 10.7 Å². The zero-order chi connectivity index (χ0) is 20.8. The zero-order valence-corrected chi connectivity index (χ0v) is 16.3. The van der Waals surface area contributed by atoms with E-state index >= 15 is 0 Å². The van der Waals surface area contributed by atoms with Crippen molar-refractivity contribution in [1.82, 2.24) is 5.43 Å². The first-order valence-corrected chi connectivity index (χ1v) is 9.11. The fourth-order valence-corrected chi connectivity index (χ4v) is 2.80. The highest BCUT2D eigenvalue weighted by Crippen LogP contribution is 2.19. The van der Waals surface area contributed by atoms with Crippen molar-refractivity contribution in [3.63, 3.8) is 0 Å². The van der Waals surface area contributed by atoms with Crippen LogP contribution in [0.3, 0.4) is 0 Å². The molecule has 6 nitrogen and oxygen atoms in total. The summed E-state index contributed by atoms with van der Waals surface area (Å²) in [7, 11) is 0. The minimum absolute atomic E-state index is 0.00619. The van der Waals surface area contributed by atoms with Crippen molar-refractivity contribution in [2.75, 3.05) is 5.32 Å². The summed E-state index contributed by atoms with van der Waals surface area (Å²) in [5.74, 6) is -0.724. The standard InChI is InChI=1S/C22H18ClN3O3/c1-14-5-2-3-8-19(14)22(29)25-18-7-4-6-15(12-18)21(28)26-24-13-16-11-17(23)9-10-20(16)27/h2-13,27H,1H3,(H,25,29)(H,26,28)/b24-13+. The largest absolute Gasteiger partial charge is 0.507 e. The number of anilines is 1. The van der Waals surface area contributed by atoms with Crippen LogP contribution in [0.15, 0.2) is 71.8 Å². The second kappa shape index (κ2) is 9.03. The van der Waals surface area contributed by atoms with E-state index in [1.54, 1.807) is 42.5 Å².